The van der Waals surface area contributed by atoms with Crippen molar-refractivity contribution >= 4 is 5.97 Å². The van der Waals surface area contributed by atoms with E-state index in [9.17, 15) is 9.90 Å². The Labute approximate surface area is 126 Å². The summed E-state index contributed by atoms with van der Waals surface area (Å²) in [4.78, 5) is 10.7. The van der Waals surface area contributed by atoms with Crippen molar-refractivity contribution in [3.8, 4) is 11.3 Å². The van der Waals surface area contributed by atoms with Crippen molar-refractivity contribution in [1.82, 2.24) is 4.57 Å². The number of carbonyl (C=O) groups excluding carboxylic acids is 1. The van der Waals surface area contributed by atoms with Crippen LogP contribution in [-0.4, -0.2) is 10.5 Å². The molecule has 0 N–H and O–H groups in total. The van der Waals surface area contributed by atoms with Gasteiger partial charge in [0.1, 0.15) is 0 Å². The summed E-state index contributed by atoms with van der Waals surface area (Å²) in [5.74, 6) is -0.991. The predicted octanol–water partition coefficient (Wildman–Crippen LogP) is 2.95. The average molecular weight is 284 g/mol. The molecule has 0 radical (unpaired) electrons. The van der Waals surface area contributed by atoms with Gasteiger partial charge in [-0.25, -0.2) is 0 Å². The minimum atomic E-state index is -0.991. The Hall–Kier alpha value is -2.03. The summed E-state index contributed by atoms with van der Waals surface area (Å²) in [6, 6.07) is 12.6. The van der Waals surface area contributed by atoms with Gasteiger partial charge in [0.05, 0.1) is 0 Å². The lowest BCUT2D eigenvalue weighted by Crippen LogP contribution is -2.23. The highest BCUT2D eigenvalue weighted by Crippen LogP contribution is 2.24. The zero-order chi connectivity index (χ0) is 15.2. The summed E-state index contributed by atoms with van der Waals surface area (Å²) in [6.45, 7) is 5.16. The van der Waals surface area contributed by atoms with E-state index in [0.717, 1.165) is 30.8 Å². The van der Waals surface area contributed by atoms with Gasteiger partial charge in [-0.05, 0) is 43.9 Å². The highest BCUT2D eigenvalue weighted by atomic mass is 16.4. The quantitative estimate of drug-likeness (QED) is 0.784. The number of aryl methyl sites for hydroxylation is 2. The summed E-state index contributed by atoms with van der Waals surface area (Å²) in [6.07, 6.45) is 2.80. The molecule has 1 aromatic carbocycles. The number of hydrogen-bond acceptors (Lipinski definition) is 2. The van der Waals surface area contributed by atoms with Crippen LogP contribution in [0.25, 0.3) is 11.3 Å². The third kappa shape index (κ3) is 3.97. The Bertz CT molecular complexity index is 596. The zero-order valence-corrected chi connectivity index (χ0v) is 12.8. The molecule has 3 heteroatoms. The Morgan fingerprint density at radius 3 is 2.48 bits per heavy atom. The number of hydrogen-bond donors (Lipinski definition) is 0. The Morgan fingerprint density at radius 2 is 1.86 bits per heavy atom. The maximum Gasteiger partial charge on any atom is 0.0482 e. The smallest absolute Gasteiger partial charge is 0.0482 e. The van der Waals surface area contributed by atoms with E-state index in [1.54, 1.807) is 0 Å². The van der Waals surface area contributed by atoms with E-state index in [0.29, 0.717) is 6.42 Å². The van der Waals surface area contributed by atoms with Gasteiger partial charge in [0.2, 0.25) is 0 Å². The molecule has 0 spiro atoms. The van der Waals surface area contributed by atoms with Gasteiger partial charge in [0, 0.05) is 23.9 Å². The summed E-state index contributed by atoms with van der Waals surface area (Å²) in [7, 11) is 0. The first-order valence-electron chi connectivity index (χ1n) is 7.57. The normalized spacial score (nSPS) is 10.8. The lowest BCUT2D eigenvalue weighted by atomic mass is 10.1. The van der Waals surface area contributed by atoms with Crippen LogP contribution in [0, 0.1) is 6.92 Å². The Morgan fingerprint density at radius 1 is 1.14 bits per heavy atom. The molecule has 0 amide bonds. The van der Waals surface area contributed by atoms with Crippen molar-refractivity contribution in [1.29, 1.82) is 0 Å². The molecule has 1 heterocycles. The standard InChI is InChI=1S/C18H23NO2/c1-3-4-13-19-16(10-12-18(20)21)9-11-17(19)15-7-5-14(2)6-8-15/h5-9,11H,3-4,10,12-13H2,1-2H3,(H,20,21)/p-1. The summed E-state index contributed by atoms with van der Waals surface area (Å²) < 4.78 is 2.25. The third-order valence-corrected chi connectivity index (χ3v) is 3.74. The number of rotatable bonds is 7. The predicted molar refractivity (Wildman–Crippen MR) is 82.8 cm³/mol. The van der Waals surface area contributed by atoms with Gasteiger partial charge in [-0.1, -0.05) is 43.2 Å². The molecule has 1 aromatic heterocycles. The molecule has 0 bridgehead atoms. The van der Waals surface area contributed by atoms with Crippen LogP contribution in [-0.2, 0) is 17.8 Å². The van der Waals surface area contributed by atoms with E-state index in [2.05, 4.69) is 48.7 Å². The van der Waals surface area contributed by atoms with Crippen LogP contribution in [0.2, 0.25) is 0 Å². The number of carboxylic acids is 1. The van der Waals surface area contributed by atoms with E-state index in [4.69, 9.17) is 0 Å². The molecule has 0 saturated heterocycles. The van der Waals surface area contributed by atoms with E-state index < -0.39 is 5.97 Å². The fourth-order valence-electron chi connectivity index (χ4n) is 2.51. The number of nitrogens with zero attached hydrogens (tertiary/aromatic N) is 1. The molecular formula is C18H22NO2-. The second kappa shape index (κ2) is 7.11. The summed E-state index contributed by atoms with van der Waals surface area (Å²) in [5.41, 5.74) is 4.65. The van der Waals surface area contributed by atoms with Crippen LogP contribution in [0.1, 0.15) is 37.4 Å². The molecule has 112 valence electrons. The van der Waals surface area contributed by atoms with Gasteiger partial charge in [0.25, 0.3) is 0 Å². The molecule has 0 aliphatic heterocycles. The van der Waals surface area contributed by atoms with Crippen LogP contribution < -0.4 is 5.11 Å². The van der Waals surface area contributed by atoms with Crippen LogP contribution in [0.15, 0.2) is 36.4 Å². The van der Waals surface area contributed by atoms with Crippen molar-refractivity contribution in [2.75, 3.05) is 0 Å². The molecule has 2 rings (SSSR count). The van der Waals surface area contributed by atoms with E-state index in [1.165, 1.54) is 11.1 Å². The van der Waals surface area contributed by atoms with Crippen LogP contribution in [0.3, 0.4) is 0 Å². The zero-order valence-electron chi connectivity index (χ0n) is 12.8. The number of carbonyl (C=O) groups is 1. The lowest BCUT2D eigenvalue weighted by Gasteiger charge is -2.14. The Kier molecular flexibility index (Phi) is 5.20. The van der Waals surface area contributed by atoms with Crippen molar-refractivity contribution in [3.05, 3.63) is 47.7 Å². The number of benzene rings is 1. The molecule has 0 unspecified atom stereocenters. The van der Waals surface area contributed by atoms with Gasteiger partial charge in [-0.15, -0.1) is 0 Å². The van der Waals surface area contributed by atoms with Gasteiger partial charge in [-0.2, -0.15) is 0 Å². The topological polar surface area (TPSA) is 45.1 Å². The fraction of sp³-hybridized carbons (Fsp3) is 0.389. The molecule has 0 fully saturated rings. The van der Waals surface area contributed by atoms with Gasteiger partial charge in [0.15, 0.2) is 0 Å². The highest BCUT2D eigenvalue weighted by molar-refractivity contribution is 5.65. The SMILES string of the molecule is CCCCn1c(CCC(=O)[O-])ccc1-c1ccc(C)cc1. The second-order valence-corrected chi connectivity index (χ2v) is 5.45. The molecule has 0 atom stereocenters. The fourth-order valence-corrected chi connectivity index (χ4v) is 2.51. The number of aromatic nitrogens is 1. The first-order chi connectivity index (χ1) is 10.1. The maximum atomic E-state index is 10.7. The molecule has 21 heavy (non-hydrogen) atoms. The molecule has 3 nitrogen and oxygen atoms in total. The first kappa shape index (κ1) is 15.4. The molecule has 2 aromatic rings. The average Bonchev–Trinajstić information content (AvgIpc) is 2.86. The summed E-state index contributed by atoms with van der Waals surface area (Å²) in [5, 5.41) is 10.7. The van der Waals surface area contributed by atoms with Gasteiger partial charge in [-0.3, -0.25) is 0 Å². The second-order valence-electron chi connectivity index (χ2n) is 5.45. The minimum Gasteiger partial charge on any atom is -0.550 e. The summed E-state index contributed by atoms with van der Waals surface area (Å²) >= 11 is 0. The first-order valence-corrected chi connectivity index (χ1v) is 7.57. The molecular weight excluding hydrogens is 262 g/mol. The monoisotopic (exact) mass is 284 g/mol. The number of carboxylic acid groups (broad SMARTS) is 1. The van der Waals surface area contributed by atoms with Crippen LogP contribution in [0.4, 0.5) is 0 Å². The van der Waals surface area contributed by atoms with Gasteiger partial charge < -0.3 is 14.5 Å². The van der Waals surface area contributed by atoms with Crippen molar-refractivity contribution < 1.29 is 9.90 Å². The van der Waals surface area contributed by atoms with Crippen molar-refractivity contribution in [2.45, 2.75) is 46.1 Å². The van der Waals surface area contributed by atoms with E-state index >= 15 is 0 Å². The van der Waals surface area contributed by atoms with E-state index in [1.807, 2.05) is 6.07 Å². The van der Waals surface area contributed by atoms with Crippen LogP contribution in [0.5, 0.6) is 0 Å². The third-order valence-electron chi connectivity index (χ3n) is 3.74. The lowest BCUT2D eigenvalue weighted by molar-refractivity contribution is -0.305. The highest BCUT2D eigenvalue weighted by Gasteiger charge is 2.09. The molecule has 0 aliphatic carbocycles. The Balaban J connectivity index is 2.31. The van der Waals surface area contributed by atoms with Crippen molar-refractivity contribution in [3.63, 3.8) is 0 Å². The minimum absolute atomic E-state index is 0.0729. The number of unbranched alkanes of at least 4 members (excludes halogenated alkanes) is 1. The number of aliphatic carboxylic acids is 1. The van der Waals surface area contributed by atoms with Crippen LogP contribution >= 0.6 is 0 Å². The molecule has 0 aliphatic rings. The van der Waals surface area contributed by atoms with Gasteiger partial charge >= 0.3 is 0 Å². The van der Waals surface area contributed by atoms with Crippen molar-refractivity contribution in [2.24, 2.45) is 0 Å². The molecule has 0 saturated carbocycles. The van der Waals surface area contributed by atoms with E-state index in [-0.39, 0.29) is 6.42 Å². The largest absolute Gasteiger partial charge is 0.550 e. The maximum absolute atomic E-state index is 10.7.